The van der Waals surface area contributed by atoms with Crippen molar-refractivity contribution in [1.82, 2.24) is 0 Å². The Hall–Kier alpha value is -1.76. The zero-order chi connectivity index (χ0) is 13.1. The lowest BCUT2D eigenvalue weighted by Gasteiger charge is -2.11. The maximum atomic E-state index is 13.4. The van der Waals surface area contributed by atoms with Gasteiger partial charge in [-0.3, -0.25) is 10.1 Å². The third-order valence-electron chi connectivity index (χ3n) is 2.84. The van der Waals surface area contributed by atoms with E-state index in [4.69, 9.17) is 4.74 Å². The molecule has 0 aromatic heterocycles. The molecule has 1 aromatic rings. The Bertz CT molecular complexity index is 462. The van der Waals surface area contributed by atoms with Gasteiger partial charge in [-0.1, -0.05) is 0 Å². The summed E-state index contributed by atoms with van der Waals surface area (Å²) in [6.45, 7) is 1.69. The average molecular weight is 258 g/mol. The molecule has 0 amide bonds. The van der Waals surface area contributed by atoms with Crippen LogP contribution in [-0.4, -0.2) is 24.7 Å². The highest BCUT2D eigenvalue weighted by Crippen LogP contribution is 2.25. The Kier molecular flexibility index (Phi) is 3.71. The van der Waals surface area contributed by atoms with E-state index in [2.05, 4.69) is 5.32 Å². The molecule has 1 aromatic carbocycles. The van der Waals surface area contributed by atoms with Crippen LogP contribution in [0.4, 0.5) is 20.2 Å². The average Bonchev–Trinajstić information content (AvgIpc) is 2.80. The van der Waals surface area contributed by atoms with Crippen molar-refractivity contribution in [2.45, 2.75) is 6.42 Å². The minimum Gasteiger partial charge on any atom is -0.382 e. The third kappa shape index (κ3) is 2.73. The Labute approximate surface area is 102 Å². The van der Waals surface area contributed by atoms with Crippen molar-refractivity contribution in [2.75, 3.05) is 25.1 Å². The summed E-state index contributed by atoms with van der Waals surface area (Å²) in [6, 6.07) is 1.39. The SMILES string of the molecule is O=[N+]([O-])c1cc(NCC2CCOC2)c(F)cc1F. The fraction of sp³-hybridized carbons (Fsp3) is 0.455. The van der Waals surface area contributed by atoms with Crippen LogP contribution >= 0.6 is 0 Å². The molecule has 0 spiro atoms. The van der Waals surface area contributed by atoms with E-state index < -0.39 is 22.2 Å². The summed E-state index contributed by atoms with van der Waals surface area (Å²) >= 11 is 0. The molecule has 1 N–H and O–H groups in total. The van der Waals surface area contributed by atoms with Gasteiger partial charge in [-0.2, -0.15) is 4.39 Å². The van der Waals surface area contributed by atoms with Gasteiger partial charge in [0, 0.05) is 31.2 Å². The molecule has 1 aliphatic rings. The molecular formula is C11H12F2N2O3. The predicted octanol–water partition coefficient (Wildman–Crippen LogP) is 2.32. The third-order valence-corrected chi connectivity index (χ3v) is 2.84. The summed E-state index contributed by atoms with van der Waals surface area (Å²) in [5.74, 6) is -1.77. The molecule has 1 unspecified atom stereocenters. The fourth-order valence-electron chi connectivity index (χ4n) is 1.81. The molecule has 0 radical (unpaired) electrons. The van der Waals surface area contributed by atoms with E-state index in [1.54, 1.807) is 0 Å². The fourth-order valence-corrected chi connectivity index (χ4v) is 1.81. The van der Waals surface area contributed by atoms with Crippen molar-refractivity contribution >= 4 is 11.4 Å². The molecule has 7 heteroatoms. The topological polar surface area (TPSA) is 64.4 Å². The van der Waals surface area contributed by atoms with Crippen LogP contribution < -0.4 is 5.32 Å². The first kappa shape index (κ1) is 12.7. The van der Waals surface area contributed by atoms with Crippen LogP contribution in [0.2, 0.25) is 0 Å². The van der Waals surface area contributed by atoms with Gasteiger partial charge in [0.15, 0.2) is 0 Å². The van der Waals surface area contributed by atoms with Gasteiger partial charge in [-0.25, -0.2) is 4.39 Å². The second kappa shape index (κ2) is 5.26. The second-order valence-electron chi connectivity index (χ2n) is 4.15. The van der Waals surface area contributed by atoms with Crippen LogP contribution in [0, 0.1) is 27.7 Å². The van der Waals surface area contributed by atoms with Gasteiger partial charge in [0.2, 0.25) is 5.82 Å². The number of nitro groups is 1. The summed E-state index contributed by atoms with van der Waals surface area (Å²) in [5.41, 5.74) is -0.795. The van der Waals surface area contributed by atoms with Crippen LogP contribution in [0.5, 0.6) is 0 Å². The number of hydrogen-bond acceptors (Lipinski definition) is 4. The number of anilines is 1. The quantitative estimate of drug-likeness (QED) is 0.665. The lowest BCUT2D eigenvalue weighted by molar-refractivity contribution is -0.387. The maximum absolute atomic E-state index is 13.4. The number of halogens is 2. The Morgan fingerprint density at radius 2 is 2.22 bits per heavy atom. The van der Waals surface area contributed by atoms with Crippen molar-refractivity contribution in [1.29, 1.82) is 0 Å². The van der Waals surface area contributed by atoms with E-state index in [9.17, 15) is 18.9 Å². The Morgan fingerprint density at radius 1 is 1.44 bits per heavy atom. The number of benzene rings is 1. The summed E-state index contributed by atoms with van der Waals surface area (Å²) in [7, 11) is 0. The van der Waals surface area contributed by atoms with E-state index >= 15 is 0 Å². The summed E-state index contributed by atoms with van der Waals surface area (Å²) < 4.78 is 31.7. The molecule has 0 saturated carbocycles. The standard InChI is InChI=1S/C11H12F2N2O3/c12-8-3-9(13)11(15(16)17)4-10(8)14-5-7-1-2-18-6-7/h3-4,7,14H,1-2,5-6H2. The van der Waals surface area contributed by atoms with Crippen molar-refractivity contribution in [3.63, 3.8) is 0 Å². The van der Waals surface area contributed by atoms with Crippen LogP contribution in [0.1, 0.15) is 6.42 Å². The van der Waals surface area contributed by atoms with Gasteiger partial charge in [0.05, 0.1) is 17.2 Å². The Balaban J connectivity index is 2.11. The van der Waals surface area contributed by atoms with E-state index in [-0.39, 0.29) is 11.6 Å². The molecule has 18 heavy (non-hydrogen) atoms. The number of ether oxygens (including phenoxy) is 1. The maximum Gasteiger partial charge on any atom is 0.307 e. The first-order chi connectivity index (χ1) is 8.58. The number of nitrogens with zero attached hydrogens (tertiary/aromatic N) is 1. The van der Waals surface area contributed by atoms with Crippen LogP contribution in [0.15, 0.2) is 12.1 Å². The molecule has 0 aliphatic carbocycles. The van der Waals surface area contributed by atoms with Gasteiger partial charge < -0.3 is 10.1 Å². The van der Waals surface area contributed by atoms with Gasteiger partial charge in [-0.05, 0) is 6.42 Å². The molecule has 1 heterocycles. The molecule has 1 saturated heterocycles. The van der Waals surface area contributed by atoms with Gasteiger partial charge in [0.25, 0.3) is 0 Å². The Morgan fingerprint density at radius 3 is 2.83 bits per heavy atom. The highest BCUT2D eigenvalue weighted by molar-refractivity contribution is 5.53. The summed E-state index contributed by atoms with van der Waals surface area (Å²) in [4.78, 5) is 9.66. The number of nitro benzene ring substituents is 1. The first-order valence-electron chi connectivity index (χ1n) is 5.53. The molecular weight excluding hydrogens is 246 g/mol. The smallest absolute Gasteiger partial charge is 0.307 e. The normalized spacial score (nSPS) is 18.9. The number of nitrogens with one attached hydrogen (secondary N) is 1. The van der Waals surface area contributed by atoms with E-state index in [0.717, 1.165) is 12.5 Å². The first-order valence-corrected chi connectivity index (χ1v) is 5.53. The number of hydrogen-bond donors (Lipinski definition) is 1. The van der Waals surface area contributed by atoms with Crippen LogP contribution in [0.25, 0.3) is 0 Å². The van der Waals surface area contributed by atoms with Crippen LogP contribution in [-0.2, 0) is 4.74 Å². The highest BCUT2D eigenvalue weighted by atomic mass is 19.1. The van der Waals surface area contributed by atoms with E-state index in [1.165, 1.54) is 0 Å². The monoisotopic (exact) mass is 258 g/mol. The van der Waals surface area contributed by atoms with Gasteiger partial charge in [0.1, 0.15) is 5.82 Å². The molecule has 0 bridgehead atoms. The molecule has 1 atom stereocenters. The second-order valence-corrected chi connectivity index (χ2v) is 4.15. The minimum atomic E-state index is -1.17. The molecule has 5 nitrogen and oxygen atoms in total. The van der Waals surface area contributed by atoms with Crippen LogP contribution in [0.3, 0.4) is 0 Å². The molecule has 1 fully saturated rings. The van der Waals surface area contributed by atoms with Gasteiger partial charge >= 0.3 is 5.69 Å². The van der Waals surface area contributed by atoms with Crippen molar-refractivity contribution in [3.05, 3.63) is 33.9 Å². The van der Waals surface area contributed by atoms with Crippen molar-refractivity contribution < 1.29 is 18.4 Å². The van der Waals surface area contributed by atoms with Gasteiger partial charge in [-0.15, -0.1) is 0 Å². The van der Waals surface area contributed by atoms with Crippen molar-refractivity contribution in [3.8, 4) is 0 Å². The zero-order valence-electron chi connectivity index (χ0n) is 9.49. The lowest BCUT2D eigenvalue weighted by Crippen LogP contribution is -2.15. The van der Waals surface area contributed by atoms with E-state index in [1.807, 2.05) is 0 Å². The summed E-state index contributed by atoms with van der Waals surface area (Å²) in [6.07, 6.45) is 0.859. The predicted molar refractivity (Wildman–Crippen MR) is 60.4 cm³/mol. The van der Waals surface area contributed by atoms with E-state index in [0.29, 0.717) is 25.8 Å². The zero-order valence-corrected chi connectivity index (χ0v) is 9.49. The molecule has 2 rings (SSSR count). The highest BCUT2D eigenvalue weighted by Gasteiger charge is 2.20. The largest absolute Gasteiger partial charge is 0.382 e. The minimum absolute atomic E-state index is 0.0602. The number of rotatable bonds is 4. The molecule has 1 aliphatic heterocycles. The lowest BCUT2D eigenvalue weighted by atomic mass is 10.1. The summed E-state index contributed by atoms with van der Waals surface area (Å²) in [5, 5.41) is 13.3. The molecule has 98 valence electrons. The van der Waals surface area contributed by atoms with Crippen molar-refractivity contribution in [2.24, 2.45) is 5.92 Å².